The Labute approximate surface area is 85.9 Å². The molecular formula is C13H15N. The first-order valence-corrected chi connectivity index (χ1v) is 4.23. The smallest absolute Gasteiger partial charge is 0.0695 e. The van der Waals surface area contributed by atoms with E-state index >= 15 is 0 Å². The Morgan fingerprint density at radius 1 is 0.929 bits per heavy atom. The standard InChI is InChI=1S/C13H15N/c1-5-9-10-12(7-3)13(8-4)14-11-6-2/h5-11H,1-4H2/b10-9-,13-12+,14-11?. The maximum absolute atomic E-state index is 4.15. The highest BCUT2D eigenvalue weighted by Crippen LogP contribution is 2.09. The number of hydrogen-bond donors (Lipinski definition) is 0. The molecule has 0 heterocycles. The second-order valence-electron chi connectivity index (χ2n) is 2.36. The van der Waals surface area contributed by atoms with Gasteiger partial charge in [0.15, 0.2) is 0 Å². The fraction of sp³-hybridized carbons (Fsp3) is 0. The largest absolute Gasteiger partial charge is 0.256 e. The highest BCUT2D eigenvalue weighted by molar-refractivity contribution is 5.72. The van der Waals surface area contributed by atoms with Crippen LogP contribution >= 0.6 is 0 Å². The van der Waals surface area contributed by atoms with Gasteiger partial charge in [0, 0.05) is 6.21 Å². The molecule has 1 heteroatoms. The van der Waals surface area contributed by atoms with E-state index < -0.39 is 0 Å². The summed E-state index contributed by atoms with van der Waals surface area (Å²) in [5, 5.41) is 0. The van der Waals surface area contributed by atoms with Gasteiger partial charge in [-0.05, 0) is 11.6 Å². The topological polar surface area (TPSA) is 12.4 Å². The van der Waals surface area contributed by atoms with Crippen LogP contribution in [0.25, 0.3) is 0 Å². The van der Waals surface area contributed by atoms with Crippen LogP contribution in [0.4, 0.5) is 0 Å². The third-order valence-electron chi connectivity index (χ3n) is 1.44. The molecule has 0 amide bonds. The third-order valence-corrected chi connectivity index (χ3v) is 1.44. The first-order chi connectivity index (χ1) is 6.79. The molecule has 0 rings (SSSR count). The summed E-state index contributed by atoms with van der Waals surface area (Å²) in [5.41, 5.74) is 1.66. The zero-order valence-corrected chi connectivity index (χ0v) is 8.32. The zero-order chi connectivity index (χ0) is 10.8. The molecule has 0 atom stereocenters. The second-order valence-corrected chi connectivity index (χ2v) is 2.36. The van der Waals surface area contributed by atoms with E-state index in [1.165, 1.54) is 0 Å². The molecular weight excluding hydrogens is 170 g/mol. The molecule has 0 N–H and O–H groups in total. The molecule has 0 radical (unpaired) electrons. The lowest BCUT2D eigenvalue weighted by molar-refractivity contribution is 1.38. The molecule has 72 valence electrons. The Kier molecular flexibility index (Phi) is 6.70. The Morgan fingerprint density at radius 2 is 1.64 bits per heavy atom. The van der Waals surface area contributed by atoms with Crippen LogP contribution in [0.2, 0.25) is 0 Å². The van der Waals surface area contributed by atoms with Crippen molar-refractivity contribution in [2.24, 2.45) is 4.99 Å². The highest BCUT2D eigenvalue weighted by Gasteiger charge is 1.92. The van der Waals surface area contributed by atoms with Crippen LogP contribution in [0.5, 0.6) is 0 Å². The Bertz CT molecular complexity index is 282. The molecule has 0 aliphatic rings. The van der Waals surface area contributed by atoms with Gasteiger partial charge in [-0.2, -0.15) is 0 Å². The van der Waals surface area contributed by atoms with E-state index in [2.05, 4.69) is 31.3 Å². The van der Waals surface area contributed by atoms with Gasteiger partial charge in [0.05, 0.1) is 5.70 Å². The molecule has 0 aromatic carbocycles. The minimum absolute atomic E-state index is 0.762. The summed E-state index contributed by atoms with van der Waals surface area (Å²) in [4.78, 5) is 4.15. The first-order valence-electron chi connectivity index (χ1n) is 4.23. The second kappa shape index (κ2) is 7.74. The number of hydrogen-bond acceptors (Lipinski definition) is 1. The van der Waals surface area contributed by atoms with Crippen molar-refractivity contribution in [3.63, 3.8) is 0 Å². The van der Waals surface area contributed by atoms with Crippen LogP contribution in [0.1, 0.15) is 0 Å². The summed E-state index contributed by atoms with van der Waals surface area (Å²) < 4.78 is 0. The Balaban J connectivity index is 5.09. The lowest BCUT2D eigenvalue weighted by Gasteiger charge is -1.97. The van der Waals surface area contributed by atoms with E-state index in [0.717, 1.165) is 11.3 Å². The van der Waals surface area contributed by atoms with Gasteiger partial charge in [0.2, 0.25) is 0 Å². The fourth-order valence-electron chi connectivity index (χ4n) is 0.808. The van der Waals surface area contributed by atoms with Crippen molar-refractivity contribution in [3.8, 4) is 0 Å². The van der Waals surface area contributed by atoms with E-state index in [-0.39, 0.29) is 0 Å². The molecule has 0 bridgehead atoms. The van der Waals surface area contributed by atoms with Crippen LogP contribution in [0.15, 0.2) is 79.0 Å². The van der Waals surface area contributed by atoms with E-state index in [1.807, 2.05) is 12.2 Å². The van der Waals surface area contributed by atoms with Crippen molar-refractivity contribution < 1.29 is 0 Å². The van der Waals surface area contributed by atoms with Crippen molar-refractivity contribution in [2.75, 3.05) is 0 Å². The van der Waals surface area contributed by atoms with Crippen molar-refractivity contribution in [1.29, 1.82) is 0 Å². The first kappa shape index (κ1) is 12.1. The highest BCUT2D eigenvalue weighted by atomic mass is 14.7. The minimum atomic E-state index is 0.762. The van der Waals surface area contributed by atoms with E-state index in [1.54, 1.807) is 30.5 Å². The molecule has 0 aliphatic carbocycles. The van der Waals surface area contributed by atoms with Gasteiger partial charge in [0.25, 0.3) is 0 Å². The number of aliphatic imine (C=N–C) groups is 1. The quantitative estimate of drug-likeness (QED) is 0.443. The molecule has 1 nitrogen and oxygen atoms in total. The van der Waals surface area contributed by atoms with E-state index in [0.29, 0.717) is 0 Å². The zero-order valence-electron chi connectivity index (χ0n) is 8.32. The summed E-state index contributed by atoms with van der Waals surface area (Å²) in [6.07, 6.45) is 12.0. The summed E-state index contributed by atoms with van der Waals surface area (Å²) in [5.74, 6) is 0. The van der Waals surface area contributed by atoms with Crippen LogP contribution < -0.4 is 0 Å². The minimum Gasteiger partial charge on any atom is -0.256 e. The van der Waals surface area contributed by atoms with Gasteiger partial charge in [0.1, 0.15) is 0 Å². The monoisotopic (exact) mass is 185 g/mol. The Morgan fingerprint density at radius 3 is 2.07 bits per heavy atom. The fourth-order valence-corrected chi connectivity index (χ4v) is 0.808. The summed E-state index contributed by atoms with van der Waals surface area (Å²) >= 11 is 0. The summed E-state index contributed by atoms with van der Waals surface area (Å²) in [6.45, 7) is 14.5. The molecule has 14 heavy (non-hydrogen) atoms. The molecule has 0 saturated carbocycles. The maximum Gasteiger partial charge on any atom is 0.0695 e. The van der Waals surface area contributed by atoms with Gasteiger partial charge in [-0.1, -0.05) is 56.7 Å². The average molecular weight is 185 g/mol. The van der Waals surface area contributed by atoms with Crippen molar-refractivity contribution in [1.82, 2.24) is 0 Å². The Hall–Kier alpha value is -1.89. The lowest BCUT2D eigenvalue weighted by Crippen LogP contribution is -1.80. The van der Waals surface area contributed by atoms with Gasteiger partial charge < -0.3 is 0 Å². The van der Waals surface area contributed by atoms with Gasteiger partial charge in [-0.25, -0.2) is 0 Å². The molecule has 0 unspecified atom stereocenters. The predicted octanol–water partition coefficient (Wildman–Crippen LogP) is 3.61. The van der Waals surface area contributed by atoms with Crippen LogP contribution in [-0.4, -0.2) is 6.21 Å². The molecule has 0 saturated heterocycles. The van der Waals surface area contributed by atoms with Crippen molar-refractivity contribution in [2.45, 2.75) is 0 Å². The van der Waals surface area contributed by atoms with Crippen LogP contribution in [0.3, 0.4) is 0 Å². The number of rotatable bonds is 6. The average Bonchev–Trinajstić information content (AvgIpc) is 2.23. The number of nitrogens with zero attached hydrogens (tertiary/aromatic N) is 1. The molecule has 0 aromatic rings. The summed E-state index contributed by atoms with van der Waals surface area (Å²) in [7, 11) is 0. The third kappa shape index (κ3) is 4.21. The number of allylic oxidation sites excluding steroid dienone is 7. The SMILES string of the molecule is C=CC=N/C(C=C)=C(C=C)/C=C\C=C. The van der Waals surface area contributed by atoms with Crippen molar-refractivity contribution >= 4 is 6.21 Å². The van der Waals surface area contributed by atoms with Crippen molar-refractivity contribution in [3.05, 3.63) is 74.0 Å². The van der Waals surface area contributed by atoms with Gasteiger partial charge in [-0.15, -0.1) is 0 Å². The van der Waals surface area contributed by atoms with E-state index in [9.17, 15) is 0 Å². The van der Waals surface area contributed by atoms with Gasteiger partial charge in [-0.3, -0.25) is 4.99 Å². The molecule has 0 fully saturated rings. The van der Waals surface area contributed by atoms with Crippen LogP contribution in [0, 0.1) is 0 Å². The molecule has 0 aliphatic heterocycles. The molecule has 0 aromatic heterocycles. The van der Waals surface area contributed by atoms with Gasteiger partial charge >= 0.3 is 0 Å². The predicted molar refractivity (Wildman–Crippen MR) is 65.4 cm³/mol. The normalized spacial score (nSPS) is 12.6. The van der Waals surface area contributed by atoms with E-state index in [4.69, 9.17) is 0 Å². The van der Waals surface area contributed by atoms with Crippen LogP contribution in [-0.2, 0) is 0 Å². The molecule has 0 spiro atoms. The lowest BCUT2D eigenvalue weighted by atomic mass is 10.2. The maximum atomic E-state index is 4.15. The summed E-state index contributed by atoms with van der Waals surface area (Å²) in [6, 6.07) is 0.